The molecule has 19 heavy (non-hydrogen) atoms. The molecule has 0 radical (unpaired) electrons. The number of amides is 1. The third-order valence-electron chi connectivity index (χ3n) is 3.50. The smallest absolute Gasteiger partial charge is 0.303 e. The van der Waals surface area contributed by atoms with Gasteiger partial charge in [0.15, 0.2) is 0 Å². The molecule has 0 rings (SSSR count). The SMILES string of the molecule is CCC(C)(C)C(=O)NC(C)(C)CC(C)(C)CC(=O)O. The monoisotopic (exact) mass is 271 g/mol. The Kier molecular flexibility index (Phi) is 5.60. The van der Waals surface area contributed by atoms with Crippen molar-refractivity contribution in [3.8, 4) is 0 Å². The molecule has 0 aliphatic heterocycles. The molecular weight excluding hydrogens is 242 g/mol. The second kappa shape index (κ2) is 5.93. The zero-order valence-corrected chi connectivity index (χ0v) is 13.4. The average Bonchev–Trinajstić information content (AvgIpc) is 2.12. The molecule has 0 unspecified atom stereocenters. The van der Waals surface area contributed by atoms with Crippen LogP contribution in [0, 0.1) is 10.8 Å². The van der Waals surface area contributed by atoms with Crippen LogP contribution in [0.25, 0.3) is 0 Å². The fourth-order valence-corrected chi connectivity index (χ4v) is 2.35. The van der Waals surface area contributed by atoms with E-state index in [0.717, 1.165) is 6.42 Å². The van der Waals surface area contributed by atoms with Crippen molar-refractivity contribution in [1.82, 2.24) is 5.32 Å². The van der Waals surface area contributed by atoms with Gasteiger partial charge in [-0.05, 0) is 32.1 Å². The van der Waals surface area contributed by atoms with Crippen molar-refractivity contribution < 1.29 is 14.7 Å². The van der Waals surface area contributed by atoms with Gasteiger partial charge in [-0.1, -0.05) is 34.6 Å². The fourth-order valence-electron chi connectivity index (χ4n) is 2.35. The summed E-state index contributed by atoms with van der Waals surface area (Å²) in [5.74, 6) is -0.785. The van der Waals surface area contributed by atoms with Gasteiger partial charge in [0.05, 0.1) is 6.42 Å². The molecule has 0 fully saturated rings. The van der Waals surface area contributed by atoms with Crippen molar-refractivity contribution in [3.63, 3.8) is 0 Å². The Morgan fingerprint density at radius 3 is 1.89 bits per heavy atom. The number of hydrogen-bond donors (Lipinski definition) is 2. The van der Waals surface area contributed by atoms with Crippen molar-refractivity contribution in [2.24, 2.45) is 10.8 Å². The maximum Gasteiger partial charge on any atom is 0.303 e. The van der Waals surface area contributed by atoms with Gasteiger partial charge in [-0.25, -0.2) is 0 Å². The predicted molar refractivity (Wildman–Crippen MR) is 76.9 cm³/mol. The van der Waals surface area contributed by atoms with Crippen molar-refractivity contribution in [3.05, 3.63) is 0 Å². The van der Waals surface area contributed by atoms with Gasteiger partial charge in [0.25, 0.3) is 0 Å². The lowest BCUT2D eigenvalue weighted by atomic mass is 9.77. The van der Waals surface area contributed by atoms with Gasteiger partial charge in [-0.3, -0.25) is 9.59 Å². The van der Waals surface area contributed by atoms with E-state index in [1.165, 1.54) is 0 Å². The second-order valence-corrected chi connectivity index (χ2v) is 7.49. The van der Waals surface area contributed by atoms with Crippen LogP contribution in [0.5, 0.6) is 0 Å². The largest absolute Gasteiger partial charge is 0.481 e. The predicted octanol–water partition coefficient (Wildman–Crippen LogP) is 3.21. The first-order valence-electron chi connectivity index (χ1n) is 6.86. The molecule has 2 N–H and O–H groups in total. The Morgan fingerprint density at radius 2 is 1.53 bits per heavy atom. The standard InChI is InChI=1S/C15H29NO3/c1-8-14(4,5)12(19)16-15(6,7)10-13(2,3)9-11(17)18/h8-10H2,1-7H3,(H,16,19)(H,17,18). The minimum absolute atomic E-state index is 0.0196. The van der Waals surface area contributed by atoms with Gasteiger partial charge in [-0.2, -0.15) is 0 Å². The van der Waals surface area contributed by atoms with Crippen LogP contribution in [-0.2, 0) is 9.59 Å². The molecule has 0 spiro atoms. The minimum Gasteiger partial charge on any atom is -0.481 e. The van der Waals surface area contributed by atoms with Gasteiger partial charge >= 0.3 is 5.97 Å². The lowest BCUT2D eigenvalue weighted by molar-refractivity contribution is -0.139. The Bertz CT molecular complexity index is 343. The third kappa shape index (κ3) is 6.60. The zero-order chi connectivity index (χ0) is 15.5. The van der Waals surface area contributed by atoms with E-state index in [9.17, 15) is 9.59 Å². The number of carbonyl (C=O) groups is 2. The first kappa shape index (κ1) is 17.9. The molecule has 0 aliphatic carbocycles. The molecule has 4 nitrogen and oxygen atoms in total. The number of carboxylic acid groups (broad SMARTS) is 1. The Morgan fingerprint density at radius 1 is 1.05 bits per heavy atom. The summed E-state index contributed by atoms with van der Waals surface area (Å²) in [6, 6.07) is 0. The number of carboxylic acids is 1. The molecule has 0 aromatic rings. The number of nitrogens with one attached hydrogen (secondary N) is 1. The molecule has 0 heterocycles. The molecular formula is C15H29NO3. The minimum atomic E-state index is -0.805. The maximum absolute atomic E-state index is 12.2. The molecule has 0 aromatic carbocycles. The van der Waals surface area contributed by atoms with Crippen molar-refractivity contribution in [2.45, 2.75) is 73.3 Å². The van der Waals surface area contributed by atoms with E-state index in [1.54, 1.807) is 0 Å². The summed E-state index contributed by atoms with van der Waals surface area (Å²) in [4.78, 5) is 23.0. The lowest BCUT2D eigenvalue weighted by Gasteiger charge is -2.37. The van der Waals surface area contributed by atoms with E-state index in [1.807, 2.05) is 48.5 Å². The normalized spacial score (nSPS) is 13.2. The van der Waals surface area contributed by atoms with E-state index in [0.29, 0.717) is 6.42 Å². The van der Waals surface area contributed by atoms with Crippen LogP contribution in [0.2, 0.25) is 0 Å². The highest BCUT2D eigenvalue weighted by atomic mass is 16.4. The molecule has 0 atom stereocenters. The van der Waals surface area contributed by atoms with Gasteiger partial charge in [-0.15, -0.1) is 0 Å². The number of aliphatic carboxylic acids is 1. The summed E-state index contributed by atoms with van der Waals surface area (Å²) >= 11 is 0. The topological polar surface area (TPSA) is 66.4 Å². The average molecular weight is 271 g/mol. The van der Waals surface area contributed by atoms with E-state index >= 15 is 0 Å². The summed E-state index contributed by atoms with van der Waals surface area (Å²) in [5.41, 5.74) is -1.16. The zero-order valence-electron chi connectivity index (χ0n) is 13.4. The van der Waals surface area contributed by atoms with Crippen LogP contribution in [0.15, 0.2) is 0 Å². The molecule has 0 saturated carbocycles. The molecule has 0 saturated heterocycles. The lowest BCUT2D eigenvalue weighted by Crippen LogP contribution is -2.50. The van der Waals surface area contributed by atoms with Gasteiger partial charge in [0.1, 0.15) is 0 Å². The highest BCUT2D eigenvalue weighted by Gasteiger charge is 2.35. The van der Waals surface area contributed by atoms with E-state index in [4.69, 9.17) is 5.11 Å². The Hall–Kier alpha value is -1.06. The summed E-state index contributed by atoms with van der Waals surface area (Å²) < 4.78 is 0. The Balaban J connectivity index is 4.73. The van der Waals surface area contributed by atoms with Crippen molar-refractivity contribution in [1.29, 1.82) is 0 Å². The maximum atomic E-state index is 12.2. The van der Waals surface area contributed by atoms with Crippen LogP contribution in [-0.4, -0.2) is 22.5 Å². The van der Waals surface area contributed by atoms with Gasteiger partial charge in [0.2, 0.25) is 5.91 Å². The summed E-state index contributed by atoms with van der Waals surface area (Å²) in [5, 5.41) is 12.0. The molecule has 0 aromatic heterocycles. The number of rotatable bonds is 7. The summed E-state index contributed by atoms with van der Waals surface area (Å²) in [6.45, 7) is 13.5. The van der Waals surface area contributed by atoms with Crippen LogP contribution in [0.1, 0.15) is 67.7 Å². The molecule has 4 heteroatoms. The molecule has 1 amide bonds. The van der Waals surface area contributed by atoms with Crippen LogP contribution in [0.4, 0.5) is 0 Å². The highest BCUT2D eigenvalue weighted by molar-refractivity contribution is 5.82. The fraction of sp³-hybridized carbons (Fsp3) is 0.867. The van der Waals surface area contributed by atoms with Crippen LogP contribution in [0.3, 0.4) is 0 Å². The van der Waals surface area contributed by atoms with Gasteiger partial charge < -0.3 is 10.4 Å². The summed E-state index contributed by atoms with van der Waals surface area (Å²) in [7, 11) is 0. The van der Waals surface area contributed by atoms with Crippen LogP contribution < -0.4 is 5.32 Å². The molecule has 0 bridgehead atoms. The number of hydrogen-bond acceptors (Lipinski definition) is 2. The second-order valence-electron chi connectivity index (χ2n) is 7.49. The summed E-state index contributed by atoms with van der Waals surface area (Å²) in [6.07, 6.45) is 1.49. The van der Waals surface area contributed by atoms with Crippen molar-refractivity contribution in [2.75, 3.05) is 0 Å². The van der Waals surface area contributed by atoms with Gasteiger partial charge in [0, 0.05) is 11.0 Å². The first-order valence-corrected chi connectivity index (χ1v) is 6.86. The first-order chi connectivity index (χ1) is 8.31. The van der Waals surface area contributed by atoms with E-state index in [-0.39, 0.29) is 17.7 Å². The quantitative estimate of drug-likeness (QED) is 0.747. The van der Waals surface area contributed by atoms with Crippen LogP contribution >= 0.6 is 0 Å². The van der Waals surface area contributed by atoms with E-state index < -0.39 is 16.9 Å². The third-order valence-corrected chi connectivity index (χ3v) is 3.50. The van der Waals surface area contributed by atoms with E-state index in [2.05, 4.69) is 5.32 Å². The highest BCUT2D eigenvalue weighted by Crippen LogP contribution is 2.32. The number of carbonyl (C=O) groups excluding carboxylic acids is 1. The Labute approximate surface area is 117 Å². The molecule has 112 valence electrons. The molecule has 0 aliphatic rings. The van der Waals surface area contributed by atoms with Crippen molar-refractivity contribution >= 4 is 11.9 Å².